The van der Waals surface area contributed by atoms with E-state index < -0.39 is 0 Å². The molecule has 1 aliphatic rings. The van der Waals surface area contributed by atoms with E-state index >= 15 is 0 Å². The summed E-state index contributed by atoms with van der Waals surface area (Å²) in [6.07, 6.45) is 3.31. The third kappa shape index (κ3) is 4.42. The zero-order chi connectivity index (χ0) is 20.0. The van der Waals surface area contributed by atoms with Gasteiger partial charge in [0.2, 0.25) is 0 Å². The maximum absolute atomic E-state index is 12.9. The van der Waals surface area contributed by atoms with Gasteiger partial charge in [-0.25, -0.2) is 0 Å². The normalized spacial score (nSPS) is 16.1. The van der Waals surface area contributed by atoms with Gasteiger partial charge >= 0.3 is 0 Å². The molecule has 2 heterocycles. The molecule has 0 aromatic carbocycles. The summed E-state index contributed by atoms with van der Waals surface area (Å²) in [6, 6.07) is 0.188. The fourth-order valence-corrected chi connectivity index (χ4v) is 3.03. The molecule has 26 heavy (non-hydrogen) atoms. The van der Waals surface area contributed by atoms with Gasteiger partial charge in [0.05, 0.1) is 12.6 Å². The Morgan fingerprint density at radius 1 is 1.27 bits per heavy atom. The molecule has 1 aromatic heterocycles. The Kier molecular flexibility index (Phi) is 7.80. The number of carbonyl (C=O) groups is 1. The molecule has 0 radical (unpaired) electrons. The molecule has 144 valence electrons. The van der Waals surface area contributed by atoms with Gasteiger partial charge in [-0.05, 0) is 39.8 Å². The van der Waals surface area contributed by atoms with Crippen molar-refractivity contribution in [3.63, 3.8) is 0 Å². The molecule has 0 fully saturated rings. The van der Waals surface area contributed by atoms with Crippen LogP contribution in [0.2, 0.25) is 0 Å². The van der Waals surface area contributed by atoms with Crippen molar-refractivity contribution in [1.29, 1.82) is 0 Å². The van der Waals surface area contributed by atoms with Gasteiger partial charge in [-0.15, -0.1) is 6.58 Å². The van der Waals surface area contributed by atoms with Gasteiger partial charge in [0.15, 0.2) is 0 Å². The van der Waals surface area contributed by atoms with E-state index in [2.05, 4.69) is 37.3 Å². The number of amides is 1. The minimum Gasteiger partial charge on any atom is -0.384 e. The first-order valence-electron chi connectivity index (χ1n) is 9.05. The Bertz CT molecular complexity index is 719. The van der Waals surface area contributed by atoms with Gasteiger partial charge in [0.25, 0.3) is 11.5 Å². The molecule has 1 atom stereocenters. The van der Waals surface area contributed by atoms with Gasteiger partial charge in [-0.2, -0.15) is 4.98 Å². The van der Waals surface area contributed by atoms with Crippen LogP contribution in [0.1, 0.15) is 62.5 Å². The van der Waals surface area contributed by atoms with Crippen molar-refractivity contribution >= 4 is 5.91 Å². The molecule has 1 aliphatic heterocycles. The molecule has 1 N–H and O–H groups in total. The number of carbonyl (C=O) groups excluding carboxylic acids is 1. The van der Waals surface area contributed by atoms with Crippen molar-refractivity contribution < 1.29 is 4.79 Å². The standard InChI is InChI=1S/C17H26N4O2.C3H6/c1-7-18-8-14-19-16(22)12(6)15-17(23)20(11(4)5)9-13(10(2)3)21(14)15;1-3-2/h7,10-11,13,18H,1,8-9H2,2-6H3;3H,1H2,2H3/t13-;/m1./s1. The summed E-state index contributed by atoms with van der Waals surface area (Å²) in [5.74, 6) is 0.814. The van der Waals surface area contributed by atoms with Crippen LogP contribution in [-0.4, -0.2) is 32.9 Å². The number of rotatable bonds is 5. The van der Waals surface area contributed by atoms with E-state index in [0.717, 1.165) is 0 Å². The second-order valence-electron chi connectivity index (χ2n) is 7.03. The average Bonchev–Trinajstić information content (AvgIpc) is 2.56. The second kappa shape index (κ2) is 9.36. The molecule has 1 aromatic rings. The Morgan fingerprint density at radius 2 is 1.85 bits per heavy atom. The van der Waals surface area contributed by atoms with Crippen LogP contribution in [0.5, 0.6) is 0 Å². The smallest absolute Gasteiger partial charge is 0.276 e. The van der Waals surface area contributed by atoms with E-state index in [9.17, 15) is 9.59 Å². The van der Waals surface area contributed by atoms with Crippen molar-refractivity contribution in [3.05, 3.63) is 52.9 Å². The third-order valence-corrected chi connectivity index (χ3v) is 4.40. The first-order valence-corrected chi connectivity index (χ1v) is 9.05. The van der Waals surface area contributed by atoms with Crippen LogP contribution >= 0.6 is 0 Å². The zero-order valence-corrected chi connectivity index (χ0v) is 16.9. The number of allylic oxidation sites excluding steroid dienone is 1. The van der Waals surface area contributed by atoms with Crippen LogP contribution in [0.4, 0.5) is 0 Å². The first kappa shape index (κ1) is 21.7. The fourth-order valence-electron chi connectivity index (χ4n) is 3.03. The zero-order valence-electron chi connectivity index (χ0n) is 16.9. The Morgan fingerprint density at radius 3 is 2.31 bits per heavy atom. The summed E-state index contributed by atoms with van der Waals surface area (Å²) in [5, 5.41) is 2.99. The van der Waals surface area contributed by atoms with Crippen LogP contribution in [0.25, 0.3) is 0 Å². The molecule has 6 heteroatoms. The van der Waals surface area contributed by atoms with Crippen molar-refractivity contribution in [2.75, 3.05) is 6.54 Å². The van der Waals surface area contributed by atoms with Gasteiger partial charge < -0.3 is 14.8 Å². The van der Waals surface area contributed by atoms with Gasteiger partial charge in [0, 0.05) is 18.2 Å². The van der Waals surface area contributed by atoms with E-state index in [4.69, 9.17) is 0 Å². The summed E-state index contributed by atoms with van der Waals surface area (Å²) in [6.45, 7) is 19.8. The Labute approximate surface area is 156 Å². The van der Waals surface area contributed by atoms with E-state index in [1.54, 1.807) is 19.2 Å². The molecule has 0 aliphatic carbocycles. The summed E-state index contributed by atoms with van der Waals surface area (Å²) in [7, 11) is 0. The van der Waals surface area contributed by atoms with Crippen molar-refractivity contribution in [2.24, 2.45) is 5.92 Å². The average molecular weight is 361 g/mol. The molecular weight excluding hydrogens is 328 g/mol. The number of nitrogens with one attached hydrogen (secondary N) is 1. The summed E-state index contributed by atoms with van der Waals surface area (Å²) in [5.41, 5.74) is 0.566. The summed E-state index contributed by atoms with van der Waals surface area (Å²) in [4.78, 5) is 31.2. The van der Waals surface area contributed by atoms with Gasteiger partial charge in [-0.1, -0.05) is 26.5 Å². The SMILES string of the molecule is C=CC.C=CNCc1nc(=O)c(C)c2n1[C@@H](C(C)C)CN(C(C)C)C2=O. The molecule has 0 saturated carbocycles. The van der Waals surface area contributed by atoms with Crippen molar-refractivity contribution in [3.8, 4) is 0 Å². The van der Waals surface area contributed by atoms with E-state index in [0.29, 0.717) is 36.1 Å². The van der Waals surface area contributed by atoms with E-state index in [-0.39, 0.29) is 23.6 Å². The molecule has 0 saturated heterocycles. The lowest BCUT2D eigenvalue weighted by Crippen LogP contribution is -2.50. The van der Waals surface area contributed by atoms with Crippen LogP contribution in [-0.2, 0) is 6.54 Å². The minimum atomic E-state index is -0.335. The summed E-state index contributed by atoms with van der Waals surface area (Å²) < 4.78 is 1.96. The molecule has 0 spiro atoms. The first-order chi connectivity index (χ1) is 12.2. The van der Waals surface area contributed by atoms with E-state index in [1.807, 2.05) is 30.2 Å². The van der Waals surface area contributed by atoms with Crippen molar-refractivity contribution in [1.82, 2.24) is 19.8 Å². The lowest BCUT2D eigenvalue weighted by atomic mass is 9.97. The fraction of sp³-hybridized carbons (Fsp3) is 0.550. The molecule has 6 nitrogen and oxygen atoms in total. The lowest BCUT2D eigenvalue weighted by molar-refractivity contribution is 0.0565. The Balaban J connectivity index is 0.00000105. The van der Waals surface area contributed by atoms with Crippen molar-refractivity contribution in [2.45, 2.75) is 60.2 Å². The summed E-state index contributed by atoms with van der Waals surface area (Å²) >= 11 is 0. The molecule has 1 amide bonds. The Hall–Kier alpha value is -2.37. The molecule has 2 rings (SSSR count). The van der Waals surface area contributed by atoms with Crippen LogP contribution < -0.4 is 10.9 Å². The number of hydrogen-bond acceptors (Lipinski definition) is 4. The van der Waals surface area contributed by atoms with Crippen LogP contribution in [0, 0.1) is 12.8 Å². The molecule has 0 bridgehead atoms. The number of fused-ring (bicyclic) bond motifs is 1. The predicted molar refractivity (Wildman–Crippen MR) is 106 cm³/mol. The highest BCUT2D eigenvalue weighted by Crippen LogP contribution is 2.30. The maximum Gasteiger partial charge on any atom is 0.276 e. The molecular formula is C20H32N4O2. The molecule has 0 unspecified atom stereocenters. The highest BCUT2D eigenvalue weighted by atomic mass is 16.2. The number of aromatic nitrogens is 2. The third-order valence-electron chi connectivity index (χ3n) is 4.40. The van der Waals surface area contributed by atoms with E-state index in [1.165, 1.54) is 0 Å². The lowest BCUT2D eigenvalue weighted by Gasteiger charge is -2.41. The van der Waals surface area contributed by atoms with Crippen LogP contribution in [0.15, 0.2) is 30.2 Å². The highest BCUT2D eigenvalue weighted by molar-refractivity contribution is 5.95. The number of hydrogen-bond donors (Lipinski definition) is 1. The quantitative estimate of drug-likeness (QED) is 0.820. The minimum absolute atomic E-state index is 0.0891. The maximum atomic E-state index is 12.9. The number of nitrogens with zero attached hydrogens (tertiary/aromatic N) is 3. The van der Waals surface area contributed by atoms with Crippen LogP contribution in [0.3, 0.4) is 0 Å². The second-order valence-corrected chi connectivity index (χ2v) is 7.03. The van der Waals surface area contributed by atoms with Gasteiger partial charge in [0.1, 0.15) is 11.5 Å². The monoisotopic (exact) mass is 360 g/mol. The van der Waals surface area contributed by atoms with Gasteiger partial charge in [-0.3, -0.25) is 9.59 Å². The predicted octanol–water partition coefficient (Wildman–Crippen LogP) is 3.04. The highest BCUT2D eigenvalue weighted by Gasteiger charge is 2.36. The topological polar surface area (TPSA) is 67.2 Å². The largest absolute Gasteiger partial charge is 0.384 e.